The first-order valence-electron chi connectivity index (χ1n) is 5.35. The molecule has 1 heterocycles. The number of nitrogens with two attached hydrogens (primary N) is 1. The number of azide groups is 1. The smallest absolute Gasteiger partial charge is 0.0664 e. The van der Waals surface area contributed by atoms with Crippen molar-refractivity contribution >= 4 is 0 Å². The molecular formula is C11H15N5. The van der Waals surface area contributed by atoms with Gasteiger partial charge in [0, 0.05) is 30.6 Å². The van der Waals surface area contributed by atoms with Crippen molar-refractivity contribution in [1.82, 2.24) is 4.90 Å². The Kier molecular flexibility index (Phi) is 3.41. The van der Waals surface area contributed by atoms with Gasteiger partial charge in [0.05, 0.1) is 6.04 Å². The predicted octanol–water partition coefficient (Wildman–Crippen LogP) is 1.51. The summed E-state index contributed by atoms with van der Waals surface area (Å²) in [7, 11) is 0. The fourth-order valence-electron chi connectivity index (χ4n) is 2.05. The standard InChI is InChI=1S/C11H15N5/c12-10-7-16(8-11(10)14-15-13)6-9-4-2-1-3-5-9/h1-5,10-11H,6-8,12H2/t10-,11?/m1/s1. The second kappa shape index (κ2) is 4.99. The molecule has 1 saturated heterocycles. The van der Waals surface area contributed by atoms with Gasteiger partial charge < -0.3 is 5.73 Å². The second-order valence-electron chi connectivity index (χ2n) is 4.12. The lowest BCUT2D eigenvalue weighted by atomic mass is 10.2. The fraction of sp³-hybridized carbons (Fsp3) is 0.455. The van der Waals surface area contributed by atoms with E-state index in [4.69, 9.17) is 11.3 Å². The third-order valence-electron chi connectivity index (χ3n) is 2.86. The highest BCUT2D eigenvalue weighted by molar-refractivity contribution is 5.15. The first kappa shape index (κ1) is 11.0. The van der Waals surface area contributed by atoms with Crippen LogP contribution in [0.4, 0.5) is 0 Å². The Morgan fingerprint density at radius 2 is 2.12 bits per heavy atom. The van der Waals surface area contributed by atoms with Crippen molar-refractivity contribution in [1.29, 1.82) is 0 Å². The summed E-state index contributed by atoms with van der Waals surface area (Å²) in [6.07, 6.45) is 0. The van der Waals surface area contributed by atoms with Gasteiger partial charge >= 0.3 is 0 Å². The van der Waals surface area contributed by atoms with Crippen LogP contribution >= 0.6 is 0 Å². The van der Waals surface area contributed by atoms with Gasteiger partial charge in [0.15, 0.2) is 0 Å². The van der Waals surface area contributed by atoms with E-state index in [0.717, 1.165) is 19.6 Å². The largest absolute Gasteiger partial charge is 0.326 e. The van der Waals surface area contributed by atoms with E-state index in [2.05, 4.69) is 27.1 Å². The summed E-state index contributed by atoms with van der Waals surface area (Å²) in [6.45, 7) is 2.41. The maximum Gasteiger partial charge on any atom is 0.0664 e. The highest BCUT2D eigenvalue weighted by Crippen LogP contribution is 2.15. The predicted molar refractivity (Wildman–Crippen MR) is 62.6 cm³/mol. The van der Waals surface area contributed by atoms with Gasteiger partial charge in [-0.3, -0.25) is 4.90 Å². The molecule has 0 amide bonds. The van der Waals surface area contributed by atoms with Crippen LogP contribution in [0.15, 0.2) is 35.4 Å². The van der Waals surface area contributed by atoms with Crippen molar-refractivity contribution in [2.75, 3.05) is 13.1 Å². The molecule has 0 aliphatic carbocycles. The zero-order valence-corrected chi connectivity index (χ0v) is 9.03. The molecule has 1 aromatic carbocycles. The summed E-state index contributed by atoms with van der Waals surface area (Å²) < 4.78 is 0. The molecule has 1 aromatic rings. The number of hydrogen-bond acceptors (Lipinski definition) is 3. The Hall–Kier alpha value is -1.55. The minimum Gasteiger partial charge on any atom is -0.326 e. The minimum atomic E-state index is -0.0892. The van der Waals surface area contributed by atoms with Crippen LogP contribution in [0.1, 0.15) is 5.56 Å². The van der Waals surface area contributed by atoms with Gasteiger partial charge in [-0.2, -0.15) is 0 Å². The second-order valence-corrected chi connectivity index (χ2v) is 4.12. The van der Waals surface area contributed by atoms with Gasteiger partial charge in [0.25, 0.3) is 0 Å². The lowest BCUT2D eigenvalue weighted by Crippen LogP contribution is -2.31. The van der Waals surface area contributed by atoms with E-state index < -0.39 is 0 Å². The molecule has 16 heavy (non-hydrogen) atoms. The van der Waals surface area contributed by atoms with Gasteiger partial charge in [0.2, 0.25) is 0 Å². The van der Waals surface area contributed by atoms with Crippen molar-refractivity contribution < 1.29 is 0 Å². The van der Waals surface area contributed by atoms with Gasteiger partial charge in [-0.05, 0) is 11.1 Å². The Morgan fingerprint density at radius 1 is 1.38 bits per heavy atom. The normalized spacial score (nSPS) is 25.3. The Bertz CT molecular complexity index is 385. The van der Waals surface area contributed by atoms with Crippen LogP contribution in [0.5, 0.6) is 0 Å². The van der Waals surface area contributed by atoms with Crippen molar-refractivity contribution in [3.63, 3.8) is 0 Å². The molecule has 1 aliphatic rings. The Labute approximate surface area is 94.5 Å². The molecule has 1 unspecified atom stereocenters. The number of nitrogens with zero attached hydrogens (tertiary/aromatic N) is 4. The van der Waals surface area contributed by atoms with E-state index in [1.54, 1.807) is 0 Å². The van der Waals surface area contributed by atoms with E-state index in [-0.39, 0.29) is 12.1 Å². The van der Waals surface area contributed by atoms with Crippen LogP contribution in [0.2, 0.25) is 0 Å². The van der Waals surface area contributed by atoms with Crippen LogP contribution in [0.3, 0.4) is 0 Å². The minimum absolute atomic E-state index is 0.0420. The first-order valence-corrected chi connectivity index (χ1v) is 5.35. The topological polar surface area (TPSA) is 78.0 Å². The molecule has 2 rings (SSSR count). The quantitative estimate of drug-likeness (QED) is 0.473. The fourth-order valence-corrected chi connectivity index (χ4v) is 2.05. The monoisotopic (exact) mass is 217 g/mol. The lowest BCUT2D eigenvalue weighted by molar-refractivity contribution is 0.324. The highest BCUT2D eigenvalue weighted by Gasteiger charge is 2.28. The zero-order chi connectivity index (χ0) is 11.4. The first-order chi connectivity index (χ1) is 7.79. The molecule has 0 radical (unpaired) electrons. The Balaban J connectivity index is 1.96. The molecule has 2 N–H and O–H groups in total. The van der Waals surface area contributed by atoms with Crippen LogP contribution in [0.25, 0.3) is 10.4 Å². The molecule has 1 fully saturated rings. The molecule has 0 aromatic heterocycles. The molecule has 1 aliphatic heterocycles. The third kappa shape index (κ3) is 2.52. The average Bonchev–Trinajstić information content (AvgIpc) is 2.61. The molecule has 5 heteroatoms. The van der Waals surface area contributed by atoms with E-state index in [0.29, 0.717) is 0 Å². The van der Waals surface area contributed by atoms with Crippen LogP contribution < -0.4 is 5.73 Å². The molecule has 5 nitrogen and oxygen atoms in total. The van der Waals surface area contributed by atoms with Crippen LogP contribution in [0, 0.1) is 0 Å². The van der Waals surface area contributed by atoms with Crippen LogP contribution in [-0.4, -0.2) is 30.1 Å². The van der Waals surface area contributed by atoms with E-state index in [1.165, 1.54) is 5.56 Å². The summed E-state index contributed by atoms with van der Waals surface area (Å²) >= 11 is 0. The van der Waals surface area contributed by atoms with Crippen molar-refractivity contribution in [3.8, 4) is 0 Å². The summed E-state index contributed by atoms with van der Waals surface area (Å²) in [5.41, 5.74) is 15.6. The summed E-state index contributed by atoms with van der Waals surface area (Å²) in [5.74, 6) is 0. The highest BCUT2D eigenvalue weighted by atomic mass is 15.3. The molecule has 84 valence electrons. The summed E-state index contributed by atoms with van der Waals surface area (Å²) in [6, 6.07) is 10.1. The molecule has 0 spiro atoms. The van der Waals surface area contributed by atoms with Gasteiger partial charge in [-0.1, -0.05) is 35.4 Å². The molecule has 0 bridgehead atoms. The zero-order valence-electron chi connectivity index (χ0n) is 9.03. The third-order valence-corrected chi connectivity index (χ3v) is 2.86. The van der Waals surface area contributed by atoms with Gasteiger partial charge in [0.1, 0.15) is 0 Å². The lowest BCUT2D eigenvalue weighted by Gasteiger charge is -2.14. The number of likely N-dealkylation sites (tertiary alicyclic amines) is 1. The van der Waals surface area contributed by atoms with Crippen molar-refractivity contribution in [2.45, 2.75) is 18.6 Å². The summed E-state index contributed by atoms with van der Waals surface area (Å²) in [5, 5.41) is 3.71. The number of rotatable bonds is 3. The Morgan fingerprint density at radius 3 is 2.81 bits per heavy atom. The molecular weight excluding hydrogens is 202 g/mol. The van der Waals surface area contributed by atoms with E-state index >= 15 is 0 Å². The van der Waals surface area contributed by atoms with Crippen molar-refractivity contribution in [3.05, 3.63) is 46.3 Å². The number of benzene rings is 1. The van der Waals surface area contributed by atoms with E-state index in [9.17, 15) is 0 Å². The molecule has 0 saturated carbocycles. The average molecular weight is 217 g/mol. The summed E-state index contributed by atoms with van der Waals surface area (Å²) in [4.78, 5) is 5.05. The maximum absolute atomic E-state index is 8.40. The SMILES string of the molecule is [N-]=[N+]=NC1CN(Cc2ccccc2)C[C@H]1N. The van der Waals surface area contributed by atoms with Crippen LogP contribution in [-0.2, 0) is 6.54 Å². The van der Waals surface area contributed by atoms with Crippen molar-refractivity contribution in [2.24, 2.45) is 10.8 Å². The molecule has 2 atom stereocenters. The van der Waals surface area contributed by atoms with E-state index in [1.807, 2.05) is 18.2 Å². The van der Waals surface area contributed by atoms with Gasteiger partial charge in [-0.15, -0.1) is 0 Å². The van der Waals surface area contributed by atoms with Gasteiger partial charge in [-0.25, -0.2) is 0 Å². The maximum atomic E-state index is 8.40. The number of hydrogen-bond donors (Lipinski definition) is 1.